The highest BCUT2D eigenvalue weighted by atomic mass is 79.9. The summed E-state index contributed by atoms with van der Waals surface area (Å²) < 4.78 is 12.6. The Morgan fingerprint density at radius 1 is 0.971 bits per heavy atom. The highest BCUT2D eigenvalue weighted by molar-refractivity contribution is 9.10. The highest BCUT2D eigenvalue weighted by Gasteiger charge is 2.34. The molecule has 3 aromatic rings. The van der Waals surface area contributed by atoms with Crippen molar-refractivity contribution < 1.29 is 19.1 Å². The molecule has 0 aromatic heterocycles. The average molecular weight is 552 g/mol. The Labute approximate surface area is 218 Å². The second-order valence-corrected chi connectivity index (χ2v) is 9.95. The second-order valence-electron chi connectivity index (χ2n) is 8.11. The monoisotopic (exact) mass is 551 g/mol. The predicted molar refractivity (Wildman–Crippen MR) is 144 cm³/mol. The molecule has 3 aromatic carbocycles. The van der Waals surface area contributed by atoms with Crippen molar-refractivity contribution in [3.8, 4) is 11.5 Å². The standard InChI is InChI=1S/C28H26BrNO4S/c1-3-33-24-16-22(15-23(29)26(24)34-18-21-11-9-19(2)10-12-21)17-25-27(31)30(28(32)35-25)14-13-20-7-5-4-6-8-20/h4-12,15-17H,3,13-14,18H2,1-2H3/b25-17-. The lowest BCUT2D eigenvalue weighted by Gasteiger charge is -2.15. The molecular weight excluding hydrogens is 526 g/mol. The minimum absolute atomic E-state index is 0.251. The molecule has 1 aliphatic rings. The molecule has 0 atom stereocenters. The summed E-state index contributed by atoms with van der Waals surface area (Å²) in [5.41, 5.74) is 4.08. The summed E-state index contributed by atoms with van der Waals surface area (Å²) in [6, 6.07) is 21.7. The maximum absolute atomic E-state index is 12.9. The van der Waals surface area contributed by atoms with Gasteiger partial charge in [-0.3, -0.25) is 14.5 Å². The Balaban J connectivity index is 1.50. The van der Waals surface area contributed by atoms with Gasteiger partial charge in [0.05, 0.1) is 16.0 Å². The molecule has 35 heavy (non-hydrogen) atoms. The molecule has 7 heteroatoms. The van der Waals surface area contributed by atoms with E-state index in [1.165, 1.54) is 10.5 Å². The summed E-state index contributed by atoms with van der Waals surface area (Å²) in [6.07, 6.45) is 2.35. The molecule has 1 aliphatic heterocycles. The summed E-state index contributed by atoms with van der Waals surface area (Å²) in [7, 11) is 0. The molecule has 1 saturated heterocycles. The van der Waals surface area contributed by atoms with E-state index in [1.807, 2.05) is 80.6 Å². The molecule has 0 unspecified atom stereocenters. The molecule has 0 spiro atoms. The van der Waals surface area contributed by atoms with Gasteiger partial charge in [-0.15, -0.1) is 0 Å². The van der Waals surface area contributed by atoms with Crippen molar-refractivity contribution in [1.29, 1.82) is 0 Å². The third-order valence-electron chi connectivity index (χ3n) is 5.47. The fourth-order valence-electron chi connectivity index (χ4n) is 3.64. The summed E-state index contributed by atoms with van der Waals surface area (Å²) in [5.74, 6) is 0.897. The molecule has 4 rings (SSSR count). The summed E-state index contributed by atoms with van der Waals surface area (Å²) in [4.78, 5) is 27.1. The van der Waals surface area contributed by atoms with Crippen LogP contribution in [0.15, 0.2) is 76.1 Å². The minimum atomic E-state index is -0.273. The van der Waals surface area contributed by atoms with E-state index < -0.39 is 0 Å². The summed E-state index contributed by atoms with van der Waals surface area (Å²) >= 11 is 4.55. The molecule has 0 aliphatic carbocycles. The Bertz CT molecular complexity index is 1240. The van der Waals surface area contributed by atoms with Crippen LogP contribution >= 0.6 is 27.7 Å². The van der Waals surface area contributed by atoms with Gasteiger partial charge in [0.1, 0.15) is 6.61 Å². The van der Waals surface area contributed by atoms with Crippen molar-refractivity contribution >= 4 is 44.9 Å². The van der Waals surface area contributed by atoms with Crippen LogP contribution in [0.2, 0.25) is 0 Å². The number of halogens is 1. The van der Waals surface area contributed by atoms with Crippen LogP contribution < -0.4 is 9.47 Å². The van der Waals surface area contributed by atoms with Gasteiger partial charge in [0, 0.05) is 6.54 Å². The number of carbonyl (C=O) groups excluding carboxylic acids is 2. The van der Waals surface area contributed by atoms with E-state index in [2.05, 4.69) is 15.9 Å². The molecule has 1 fully saturated rings. The summed E-state index contributed by atoms with van der Waals surface area (Å²) in [6.45, 7) is 5.17. The second kappa shape index (κ2) is 11.6. The topological polar surface area (TPSA) is 55.8 Å². The van der Waals surface area contributed by atoms with E-state index in [4.69, 9.17) is 9.47 Å². The number of rotatable bonds is 9. The van der Waals surface area contributed by atoms with Gasteiger partial charge in [-0.2, -0.15) is 0 Å². The smallest absolute Gasteiger partial charge is 0.293 e. The van der Waals surface area contributed by atoms with Gasteiger partial charge in [0.2, 0.25) is 0 Å². The van der Waals surface area contributed by atoms with Crippen molar-refractivity contribution in [2.24, 2.45) is 0 Å². The van der Waals surface area contributed by atoms with Crippen molar-refractivity contribution in [2.75, 3.05) is 13.2 Å². The lowest BCUT2D eigenvalue weighted by molar-refractivity contribution is -0.122. The number of thioether (sulfide) groups is 1. The zero-order chi connectivity index (χ0) is 24.8. The first-order chi connectivity index (χ1) is 16.9. The molecule has 0 N–H and O–H groups in total. The van der Waals surface area contributed by atoms with Crippen LogP contribution in [0.1, 0.15) is 29.2 Å². The van der Waals surface area contributed by atoms with Crippen LogP contribution in [0, 0.1) is 6.92 Å². The molecule has 0 bridgehead atoms. The summed E-state index contributed by atoms with van der Waals surface area (Å²) in [5, 5.41) is -0.251. The normalized spacial score (nSPS) is 14.6. The van der Waals surface area contributed by atoms with Crippen molar-refractivity contribution in [3.05, 3.63) is 98.4 Å². The number of amides is 2. The minimum Gasteiger partial charge on any atom is -0.490 e. The Morgan fingerprint density at radius 2 is 1.71 bits per heavy atom. The van der Waals surface area contributed by atoms with Gasteiger partial charge in [-0.05, 0) is 82.9 Å². The number of benzene rings is 3. The van der Waals surface area contributed by atoms with Gasteiger partial charge in [-0.25, -0.2) is 0 Å². The SMILES string of the molecule is CCOc1cc(/C=C2\SC(=O)N(CCc3ccccc3)C2=O)cc(Br)c1OCc1ccc(C)cc1. The number of aryl methyl sites for hydroxylation is 1. The molecule has 180 valence electrons. The zero-order valence-electron chi connectivity index (χ0n) is 19.6. The third-order valence-corrected chi connectivity index (χ3v) is 6.97. The molecular formula is C28H26BrNO4S. The fourth-order valence-corrected chi connectivity index (χ4v) is 5.08. The van der Waals surface area contributed by atoms with E-state index in [0.717, 1.165) is 28.5 Å². The number of nitrogens with zero attached hydrogens (tertiary/aromatic N) is 1. The molecule has 2 amide bonds. The van der Waals surface area contributed by atoms with Crippen LogP contribution in [0.25, 0.3) is 6.08 Å². The number of carbonyl (C=O) groups is 2. The first-order valence-electron chi connectivity index (χ1n) is 11.4. The van der Waals surface area contributed by atoms with Crippen molar-refractivity contribution in [3.63, 3.8) is 0 Å². The molecule has 1 heterocycles. The van der Waals surface area contributed by atoms with Gasteiger partial charge in [0.15, 0.2) is 11.5 Å². The van der Waals surface area contributed by atoms with Gasteiger partial charge < -0.3 is 9.47 Å². The van der Waals surface area contributed by atoms with E-state index in [-0.39, 0.29) is 11.1 Å². The number of hydrogen-bond donors (Lipinski definition) is 0. The number of imide groups is 1. The first kappa shape index (κ1) is 25.1. The number of ether oxygens (including phenoxy) is 2. The molecule has 0 radical (unpaired) electrons. The van der Waals surface area contributed by atoms with Crippen LogP contribution in [-0.4, -0.2) is 29.2 Å². The lowest BCUT2D eigenvalue weighted by atomic mass is 10.1. The Hall–Kier alpha value is -3.03. The fraction of sp³-hybridized carbons (Fsp3) is 0.214. The van der Waals surface area contributed by atoms with E-state index in [9.17, 15) is 9.59 Å². The first-order valence-corrected chi connectivity index (χ1v) is 13.0. The number of hydrogen-bond acceptors (Lipinski definition) is 5. The predicted octanol–water partition coefficient (Wildman–Crippen LogP) is 7.01. The average Bonchev–Trinajstić information content (AvgIpc) is 3.11. The Kier molecular flexibility index (Phi) is 8.31. The van der Waals surface area contributed by atoms with Crippen LogP contribution in [0.5, 0.6) is 11.5 Å². The maximum atomic E-state index is 12.9. The molecule has 5 nitrogen and oxygen atoms in total. The van der Waals surface area contributed by atoms with Crippen molar-refractivity contribution in [2.45, 2.75) is 26.9 Å². The largest absolute Gasteiger partial charge is 0.490 e. The van der Waals surface area contributed by atoms with Gasteiger partial charge in [0.25, 0.3) is 11.1 Å². The van der Waals surface area contributed by atoms with Crippen molar-refractivity contribution in [1.82, 2.24) is 4.90 Å². The van der Waals surface area contributed by atoms with Crippen LogP contribution in [0.4, 0.5) is 4.79 Å². The van der Waals surface area contributed by atoms with Crippen LogP contribution in [-0.2, 0) is 17.8 Å². The van der Waals surface area contributed by atoms with Gasteiger partial charge in [-0.1, -0.05) is 60.2 Å². The van der Waals surface area contributed by atoms with E-state index in [0.29, 0.717) is 47.1 Å². The Morgan fingerprint density at radius 3 is 2.43 bits per heavy atom. The van der Waals surface area contributed by atoms with E-state index in [1.54, 1.807) is 6.08 Å². The highest BCUT2D eigenvalue weighted by Crippen LogP contribution is 2.39. The van der Waals surface area contributed by atoms with E-state index >= 15 is 0 Å². The van der Waals surface area contributed by atoms with Crippen LogP contribution in [0.3, 0.4) is 0 Å². The third kappa shape index (κ3) is 6.35. The maximum Gasteiger partial charge on any atom is 0.293 e. The van der Waals surface area contributed by atoms with Gasteiger partial charge >= 0.3 is 0 Å². The zero-order valence-corrected chi connectivity index (χ0v) is 22.0. The molecule has 0 saturated carbocycles. The quantitative estimate of drug-likeness (QED) is 0.267. The lowest BCUT2D eigenvalue weighted by Crippen LogP contribution is -2.30.